The fourth-order valence-corrected chi connectivity index (χ4v) is 4.74. The van der Waals surface area contributed by atoms with Crippen LogP contribution in [0.4, 0.5) is 4.79 Å². The molecule has 3 rings (SSSR count). The fourth-order valence-electron chi connectivity index (χ4n) is 4.43. The number of hydrogen-bond donors (Lipinski definition) is 1. The molecule has 0 aromatic heterocycles. The van der Waals surface area contributed by atoms with Crippen molar-refractivity contribution in [2.75, 3.05) is 32.8 Å². The Bertz CT molecular complexity index is 756. The Morgan fingerprint density at radius 1 is 1.27 bits per heavy atom. The number of carbonyl (C=O) groups excluding carboxylic acids is 2. The smallest absolute Gasteiger partial charge is 0.407 e. The molecule has 30 heavy (non-hydrogen) atoms. The molecule has 0 radical (unpaired) electrons. The van der Waals surface area contributed by atoms with Crippen LogP contribution in [-0.4, -0.2) is 55.3 Å². The van der Waals surface area contributed by atoms with Gasteiger partial charge in [0.15, 0.2) is 0 Å². The third-order valence-electron chi connectivity index (χ3n) is 5.89. The molecule has 7 heteroatoms. The van der Waals surface area contributed by atoms with E-state index in [4.69, 9.17) is 21.1 Å². The van der Waals surface area contributed by atoms with E-state index in [0.717, 1.165) is 24.9 Å². The van der Waals surface area contributed by atoms with Gasteiger partial charge in [0.2, 0.25) is 5.91 Å². The number of nitrogens with zero attached hydrogens (tertiary/aromatic N) is 1. The van der Waals surface area contributed by atoms with Gasteiger partial charge in [-0.1, -0.05) is 29.8 Å². The molecule has 2 aliphatic rings. The number of rotatable bonds is 4. The number of carbonyl (C=O) groups is 2. The standard InChI is InChI=1S/C23H33ClN2O4/c1-22(2,3)30-21(28)25-15-17-7-6-12-26(16-17)20(27)23(10-13-29-14-11-23)18-8-4-5-9-19(18)24/h4-5,8-9,17H,6-7,10-16H2,1-3H3,(H,25,28). The highest BCUT2D eigenvalue weighted by atomic mass is 35.5. The Labute approximate surface area is 184 Å². The van der Waals surface area contributed by atoms with Crippen molar-refractivity contribution in [3.05, 3.63) is 34.9 Å². The highest BCUT2D eigenvalue weighted by molar-refractivity contribution is 6.31. The zero-order valence-corrected chi connectivity index (χ0v) is 19.0. The SMILES string of the molecule is CC(C)(C)OC(=O)NCC1CCCN(C(=O)C2(c3ccccc3Cl)CCOCC2)C1. The molecule has 2 heterocycles. The van der Waals surface area contributed by atoms with Crippen molar-refractivity contribution < 1.29 is 19.1 Å². The van der Waals surface area contributed by atoms with Crippen LogP contribution in [0.2, 0.25) is 5.02 Å². The zero-order chi connectivity index (χ0) is 21.8. The summed E-state index contributed by atoms with van der Waals surface area (Å²) in [7, 11) is 0. The van der Waals surface area contributed by atoms with E-state index in [0.29, 0.717) is 44.2 Å². The Kier molecular flexibility index (Phi) is 7.30. The zero-order valence-electron chi connectivity index (χ0n) is 18.2. The predicted molar refractivity (Wildman–Crippen MR) is 117 cm³/mol. The van der Waals surface area contributed by atoms with Gasteiger partial charge in [-0.25, -0.2) is 4.79 Å². The molecule has 1 N–H and O–H groups in total. The van der Waals surface area contributed by atoms with Gasteiger partial charge in [-0.15, -0.1) is 0 Å². The van der Waals surface area contributed by atoms with Crippen LogP contribution in [0.3, 0.4) is 0 Å². The van der Waals surface area contributed by atoms with E-state index in [1.54, 1.807) is 0 Å². The van der Waals surface area contributed by atoms with Crippen LogP contribution in [0.15, 0.2) is 24.3 Å². The molecule has 1 aromatic carbocycles. The normalized spacial score (nSPS) is 21.7. The summed E-state index contributed by atoms with van der Waals surface area (Å²) < 4.78 is 10.9. The van der Waals surface area contributed by atoms with E-state index in [-0.39, 0.29) is 11.8 Å². The second-order valence-corrected chi connectivity index (χ2v) is 9.72. The quantitative estimate of drug-likeness (QED) is 0.769. The van der Waals surface area contributed by atoms with Crippen LogP contribution >= 0.6 is 11.6 Å². The van der Waals surface area contributed by atoms with Crippen LogP contribution < -0.4 is 5.32 Å². The van der Waals surface area contributed by atoms with Crippen molar-refractivity contribution in [1.29, 1.82) is 0 Å². The van der Waals surface area contributed by atoms with Gasteiger partial charge in [0, 0.05) is 37.9 Å². The van der Waals surface area contributed by atoms with Crippen molar-refractivity contribution >= 4 is 23.6 Å². The van der Waals surface area contributed by atoms with Crippen LogP contribution in [0.1, 0.15) is 52.0 Å². The molecule has 2 amide bonds. The maximum atomic E-state index is 13.8. The minimum atomic E-state index is -0.642. The van der Waals surface area contributed by atoms with Crippen molar-refractivity contribution in [1.82, 2.24) is 10.2 Å². The molecule has 1 aromatic rings. The Morgan fingerprint density at radius 2 is 1.97 bits per heavy atom. The van der Waals surface area contributed by atoms with Gasteiger partial charge in [0.25, 0.3) is 0 Å². The highest BCUT2D eigenvalue weighted by Gasteiger charge is 2.45. The third-order valence-corrected chi connectivity index (χ3v) is 6.21. The van der Waals surface area contributed by atoms with E-state index in [9.17, 15) is 9.59 Å². The molecule has 1 unspecified atom stereocenters. The second kappa shape index (κ2) is 9.56. The summed E-state index contributed by atoms with van der Waals surface area (Å²) in [6.07, 6.45) is 2.74. The van der Waals surface area contributed by atoms with Gasteiger partial charge >= 0.3 is 6.09 Å². The van der Waals surface area contributed by atoms with Gasteiger partial charge in [-0.05, 0) is 64.0 Å². The maximum absolute atomic E-state index is 13.8. The Balaban J connectivity index is 1.70. The third kappa shape index (κ3) is 5.46. The second-order valence-electron chi connectivity index (χ2n) is 9.32. The minimum Gasteiger partial charge on any atom is -0.444 e. The van der Waals surface area contributed by atoms with E-state index < -0.39 is 17.1 Å². The van der Waals surface area contributed by atoms with Crippen molar-refractivity contribution in [3.8, 4) is 0 Å². The van der Waals surface area contributed by atoms with Crippen LogP contribution in [0.25, 0.3) is 0 Å². The molecule has 0 bridgehead atoms. The first kappa shape index (κ1) is 22.9. The van der Waals surface area contributed by atoms with Gasteiger partial charge in [-0.3, -0.25) is 4.79 Å². The van der Waals surface area contributed by atoms with E-state index in [2.05, 4.69) is 5.32 Å². The molecule has 2 fully saturated rings. The predicted octanol–water partition coefficient (Wildman–Crippen LogP) is 4.15. The van der Waals surface area contributed by atoms with Crippen LogP contribution in [0, 0.1) is 5.92 Å². The molecule has 6 nitrogen and oxygen atoms in total. The van der Waals surface area contributed by atoms with Crippen molar-refractivity contribution in [2.24, 2.45) is 5.92 Å². The average Bonchev–Trinajstić information content (AvgIpc) is 2.71. The first-order chi connectivity index (χ1) is 14.2. The highest BCUT2D eigenvalue weighted by Crippen LogP contribution is 2.41. The summed E-state index contributed by atoms with van der Waals surface area (Å²) in [5.74, 6) is 0.333. The monoisotopic (exact) mass is 436 g/mol. The van der Waals surface area contributed by atoms with Crippen molar-refractivity contribution in [3.63, 3.8) is 0 Å². The lowest BCUT2D eigenvalue weighted by Crippen LogP contribution is -2.53. The molecule has 0 spiro atoms. The molecule has 2 saturated heterocycles. The number of halogens is 1. The van der Waals surface area contributed by atoms with Crippen LogP contribution in [-0.2, 0) is 19.7 Å². The van der Waals surface area contributed by atoms with E-state index in [1.807, 2.05) is 49.9 Å². The first-order valence-corrected chi connectivity index (χ1v) is 11.2. The molecule has 0 saturated carbocycles. The summed E-state index contributed by atoms with van der Waals surface area (Å²) >= 11 is 6.52. The number of hydrogen-bond acceptors (Lipinski definition) is 4. The summed E-state index contributed by atoms with van der Waals surface area (Å²) in [5, 5.41) is 3.49. The lowest BCUT2D eigenvalue weighted by atomic mass is 9.72. The molecule has 0 aliphatic carbocycles. The summed E-state index contributed by atoms with van der Waals surface area (Å²) in [6, 6.07) is 7.65. The number of piperidine rings is 1. The van der Waals surface area contributed by atoms with Crippen molar-refractivity contribution in [2.45, 2.75) is 57.5 Å². The lowest BCUT2D eigenvalue weighted by molar-refractivity contribution is -0.143. The Morgan fingerprint density at radius 3 is 2.63 bits per heavy atom. The molecular weight excluding hydrogens is 404 g/mol. The summed E-state index contributed by atoms with van der Waals surface area (Å²) in [5.41, 5.74) is -0.269. The first-order valence-electron chi connectivity index (χ1n) is 10.8. The largest absolute Gasteiger partial charge is 0.444 e. The molecule has 1 atom stereocenters. The number of ether oxygens (including phenoxy) is 2. The average molecular weight is 437 g/mol. The number of likely N-dealkylation sites (tertiary alicyclic amines) is 1. The number of alkyl carbamates (subject to hydrolysis) is 1. The summed E-state index contributed by atoms with van der Waals surface area (Å²) in [6.45, 7) is 8.49. The topological polar surface area (TPSA) is 67.9 Å². The van der Waals surface area contributed by atoms with Gasteiger partial charge in [0.1, 0.15) is 5.60 Å². The van der Waals surface area contributed by atoms with Gasteiger partial charge < -0.3 is 19.7 Å². The Hall–Kier alpha value is -1.79. The van der Waals surface area contributed by atoms with E-state index >= 15 is 0 Å². The lowest BCUT2D eigenvalue weighted by Gasteiger charge is -2.43. The van der Waals surface area contributed by atoms with Gasteiger partial charge in [0.05, 0.1) is 5.41 Å². The van der Waals surface area contributed by atoms with Gasteiger partial charge in [-0.2, -0.15) is 0 Å². The molecule has 166 valence electrons. The fraction of sp³-hybridized carbons (Fsp3) is 0.652. The van der Waals surface area contributed by atoms with Crippen LogP contribution in [0.5, 0.6) is 0 Å². The number of amides is 2. The number of benzene rings is 1. The molecule has 2 aliphatic heterocycles. The molecular formula is C23H33ClN2O4. The summed E-state index contributed by atoms with van der Waals surface area (Å²) in [4.78, 5) is 27.8. The van der Waals surface area contributed by atoms with E-state index in [1.165, 1.54) is 0 Å². The number of nitrogens with one attached hydrogen (secondary N) is 1. The maximum Gasteiger partial charge on any atom is 0.407 e. The minimum absolute atomic E-state index is 0.126.